The summed E-state index contributed by atoms with van der Waals surface area (Å²) in [5, 5.41) is 2.94. The van der Waals surface area contributed by atoms with Crippen molar-refractivity contribution < 1.29 is 14.3 Å². The minimum absolute atomic E-state index is 0.109. The van der Waals surface area contributed by atoms with E-state index in [0.29, 0.717) is 18.8 Å². The van der Waals surface area contributed by atoms with E-state index in [1.807, 2.05) is 58.0 Å². The zero-order valence-electron chi connectivity index (χ0n) is 19.7. The molecule has 0 saturated heterocycles. The Balaban J connectivity index is 2.16. The van der Waals surface area contributed by atoms with Gasteiger partial charge in [0.2, 0.25) is 5.91 Å². The largest absolute Gasteiger partial charge is 0.483 e. The van der Waals surface area contributed by atoms with Crippen LogP contribution >= 0.6 is 0 Å². The van der Waals surface area contributed by atoms with Crippen LogP contribution in [0.4, 0.5) is 0 Å². The topological polar surface area (TPSA) is 58.6 Å². The van der Waals surface area contributed by atoms with E-state index in [9.17, 15) is 9.59 Å². The van der Waals surface area contributed by atoms with Gasteiger partial charge in [0, 0.05) is 13.1 Å². The molecule has 0 aliphatic heterocycles. The van der Waals surface area contributed by atoms with E-state index in [2.05, 4.69) is 18.3 Å². The molecule has 0 spiro atoms. The molecule has 0 aliphatic carbocycles. The molecular formula is C26H36N2O3. The second-order valence-electron chi connectivity index (χ2n) is 8.32. The van der Waals surface area contributed by atoms with Gasteiger partial charge >= 0.3 is 0 Å². The van der Waals surface area contributed by atoms with Crippen molar-refractivity contribution in [1.29, 1.82) is 0 Å². The Morgan fingerprint density at radius 2 is 1.71 bits per heavy atom. The molecule has 1 N–H and O–H groups in total. The molecule has 2 aromatic rings. The molecule has 0 heterocycles. The van der Waals surface area contributed by atoms with E-state index in [0.717, 1.165) is 40.7 Å². The first-order valence-corrected chi connectivity index (χ1v) is 11.1. The van der Waals surface area contributed by atoms with E-state index >= 15 is 0 Å². The standard InChI is InChI=1S/C26H36N2O3/c1-7-8-13-27-26(30)22(6)28(16-23-11-9-18(2)10-12-23)25(29)17-31-24-15-19(3)14-20(4)21(24)5/h9-12,14-15,22H,7-8,13,16-17H2,1-6H3,(H,27,30)/t22-/m1/s1. The highest BCUT2D eigenvalue weighted by Gasteiger charge is 2.26. The van der Waals surface area contributed by atoms with Gasteiger partial charge in [-0.15, -0.1) is 0 Å². The van der Waals surface area contributed by atoms with Crippen molar-refractivity contribution in [2.45, 2.75) is 67.0 Å². The number of nitrogens with one attached hydrogen (secondary N) is 1. The summed E-state index contributed by atoms with van der Waals surface area (Å²) in [6, 6.07) is 11.5. The summed E-state index contributed by atoms with van der Waals surface area (Å²) < 4.78 is 5.90. The molecule has 1 atom stereocenters. The Hall–Kier alpha value is -2.82. The van der Waals surface area contributed by atoms with Crippen molar-refractivity contribution in [3.8, 4) is 5.75 Å². The van der Waals surface area contributed by atoms with Crippen molar-refractivity contribution in [3.05, 3.63) is 64.2 Å². The summed E-state index contributed by atoms with van der Waals surface area (Å²) >= 11 is 0. The maximum atomic E-state index is 13.2. The van der Waals surface area contributed by atoms with Crippen LogP contribution in [0.25, 0.3) is 0 Å². The lowest BCUT2D eigenvalue weighted by atomic mass is 10.1. The summed E-state index contributed by atoms with van der Waals surface area (Å²) in [5.41, 5.74) is 5.37. The fraction of sp³-hybridized carbons (Fsp3) is 0.462. The van der Waals surface area contributed by atoms with Crippen molar-refractivity contribution >= 4 is 11.8 Å². The number of hydrogen-bond donors (Lipinski definition) is 1. The fourth-order valence-electron chi connectivity index (χ4n) is 3.38. The van der Waals surface area contributed by atoms with Gasteiger partial charge in [0.15, 0.2) is 6.61 Å². The van der Waals surface area contributed by atoms with E-state index in [-0.39, 0.29) is 18.4 Å². The normalized spacial score (nSPS) is 11.7. The number of unbranched alkanes of at least 4 members (excludes halogenated alkanes) is 1. The van der Waals surface area contributed by atoms with Gasteiger partial charge in [-0.25, -0.2) is 0 Å². The first-order chi connectivity index (χ1) is 14.7. The number of hydrogen-bond acceptors (Lipinski definition) is 3. The summed E-state index contributed by atoms with van der Waals surface area (Å²) in [7, 11) is 0. The lowest BCUT2D eigenvalue weighted by molar-refractivity contribution is -0.142. The number of ether oxygens (including phenoxy) is 1. The Morgan fingerprint density at radius 1 is 1.03 bits per heavy atom. The fourth-order valence-corrected chi connectivity index (χ4v) is 3.38. The Labute approximate surface area is 186 Å². The SMILES string of the molecule is CCCCNC(=O)[C@@H](C)N(Cc1ccc(C)cc1)C(=O)COc1cc(C)cc(C)c1C. The third-order valence-corrected chi connectivity index (χ3v) is 5.59. The van der Waals surface area contributed by atoms with Gasteiger partial charge in [-0.1, -0.05) is 49.2 Å². The molecule has 31 heavy (non-hydrogen) atoms. The molecule has 0 aliphatic rings. The summed E-state index contributed by atoms with van der Waals surface area (Å²) in [6.45, 7) is 12.8. The maximum absolute atomic E-state index is 13.2. The molecule has 168 valence electrons. The van der Waals surface area contributed by atoms with Gasteiger partial charge in [0.1, 0.15) is 11.8 Å². The Bertz CT molecular complexity index is 890. The van der Waals surface area contributed by atoms with Crippen LogP contribution in [0.3, 0.4) is 0 Å². The van der Waals surface area contributed by atoms with Crippen molar-refractivity contribution in [3.63, 3.8) is 0 Å². The molecule has 0 aromatic heterocycles. The second-order valence-corrected chi connectivity index (χ2v) is 8.32. The van der Waals surface area contributed by atoms with E-state index < -0.39 is 6.04 Å². The lowest BCUT2D eigenvalue weighted by Crippen LogP contribution is -2.49. The van der Waals surface area contributed by atoms with Crippen molar-refractivity contribution in [2.75, 3.05) is 13.2 Å². The van der Waals surface area contributed by atoms with Crippen LogP contribution < -0.4 is 10.1 Å². The van der Waals surface area contributed by atoms with Crippen molar-refractivity contribution in [2.24, 2.45) is 0 Å². The zero-order chi connectivity index (χ0) is 23.0. The zero-order valence-corrected chi connectivity index (χ0v) is 19.7. The van der Waals surface area contributed by atoms with Crippen molar-refractivity contribution in [1.82, 2.24) is 10.2 Å². The van der Waals surface area contributed by atoms with E-state index in [4.69, 9.17) is 4.74 Å². The average Bonchev–Trinajstić information content (AvgIpc) is 2.74. The number of carbonyl (C=O) groups excluding carboxylic acids is 2. The first-order valence-electron chi connectivity index (χ1n) is 11.1. The number of benzene rings is 2. The highest BCUT2D eigenvalue weighted by atomic mass is 16.5. The molecule has 2 aromatic carbocycles. The number of rotatable bonds is 10. The van der Waals surface area contributed by atoms with Gasteiger partial charge < -0.3 is 15.0 Å². The van der Waals surface area contributed by atoms with Gasteiger partial charge in [-0.05, 0) is 69.4 Å². The summed E-state index contributed by atoms with van der Waals surface area (Å²) in [6.07, 6.45) is 1.92. The van der Waals surface area contributed by atoms with Gasteiger partial charge in [-0.2, -0.15) is 0 Å². The van der Waals surface area contributed by atoms with E-state index in [1.165, 1.54) is 0 Å². The molecule has 0 bridgehead atoms. The van der Waals surface area contributed by atoms with Crippen LogP contribution in [0.1, 0.15) is 54.5 Å². The number of nitrogens with zero attached hydrogens (tertiary/aromatic N) is 1. The maximum Gasteiger partial charge on any atom is 0.261 e. The molecule has 2 rings (SSSR count). The average molecular weight is 425 g/mol. The van der Waals surface area contributed by atoms with Crippen LogP contribution in [0.15, 0.2) is 36.4 Å². The molecule has 0 saturated carbocycles. The number of amides is 2. The molecule has 0 unspecified atom stereocenters. The monoisotopic (exact) mass is 424 g/mol. The number of carbonyl (C=O) groups is 2. The molecule has 2 amide bonds. The first kappa shape index (κ1) is 24.4. The molecule has 0 radical (unpaired) electrons. The smallest absolute Gasteiger partial charge is 0.261 e. The highest BCUT2D eigenvalue weighted by Crippen LogP contribution is 2.23. The van der Waals surface area contributed by atoms with Crippen LogP contribution in [-0.4, -0.2) is 35.9 Å². The molecule has 5 heteroatoms. The quantitative estimate of drug-likeness (QED) is 0.566. The predicted octanol–water partition coefficient (Wildman–Crippen LogP) is 4.63. The third-order valence-electron chi connectivity index (χ3n) is 5.59. The highest BCUT2D eigenvalue weighted by molar-refractivity contribution is 5.88. The van der Waals surface area contributed by atoms with Gasteiger partial charge in [-0.3, -0.25) is 9.59 Å². The second kappa shape index (κ2) is 11.5. The Kier molecular flexibility index (Phi) is 9.10. The molecular weight excluding hydrogens is 388 g/mol. The van der Waals surface area contributed by atoms with Gasteiger partial charge in [0.25, 0.3) is 5.91 Å². The number of aryl methyl sites for hydroxylation is 3. The summed E-state index contributed by atoms with van der Waals surface area (Å²) in [4.78, 5) is 27.4. The summed E-state index contributed by atoms with van der Waals surface area (Å²) in [5.74, 6) is 0.356. The van der Waals surface area contributed by atoms with E-state index in [1.54, 1.807) is 11.8 Å². The molecule has 0 fully saturated rings. The van der Waals surface area contributed by atoms with Crippen LogP contribution in [0.2, 0.25) is 0 Å². The van der Waals surface area contributed by atoms with Gasteiger partial charge in [0.05, 0.1) is 0 Å². The lowest BCUT2D eigenvalue weighted by Gasteiger charge is -2.29. The third kappa shape index (κ3) is 7.12. The molecule has 5 nitrogen and oxygen atoms in total. The predicted molar refractivity (Wildman–Crippen MR) is 125 cm³/mol. The Morgan fingerprint density at radius 3 is 2.35 bits per heavy atom. The minimum Gasteiger partial charge on any atom is -0.483 e. The minimum atomic E-state index is -0.588. The van der Waals surface area contributed by atoms with Crippen LogP contribution in [0, 0.1) is 27.7 Å². The van der Waals surface area contributed by atoms with Crippen LogP contribution in [0.5, 0.6) is 5.75 Å². The van der Waals surface area contributed by atoms with Crippen LogP contribution in [-0.2, 0) is 16.1 Å².